The van der Waals surface area contributed by atoms with E-state index in [1.807, 2.05) is 31.2 Å². The van der Waals surface area contributed by atoms with E-state index in [1.165, 1.54) is 6.20 Å². The Bertz CT molecular complexity index is 975. The van der Waals surface area contributed by atoms with E-state index in [4.69, 9.17) is 0 Å². The van der Waals surface area contributed by atoms with Crippen molar-refractivity contribution in [1.82, 2.24) is 4.98 Å². The fourth-order valence-corrected chi connectivity index (χ4v) is 2.47. The maximum atomic E-state index is 13.7. The van der Waals surface area contributed by atoms with Crippen molar-refractivity contribution in [2.75, 3.05) is 10.6 Å². The van der Waals surface area contributed by atoms with Gasteiger partial charge in [0.2, 0.25) is 0 Å². The van der Waals surface area contributed by atoms with Gasteiger partial charge < -0.3 is 10.6 Å². The minimum absolute atomic E-state index is 0.297. The third-order valence-corrected chi connectivity index (χ3v) is 4.02. The predicted molar refractivity (Wildman–Crippen MR) is 97.0 cm³/mol. The molecule has 27 heavy (non-hydrogen) atoms. The molecule has 7 heteroatoms. The molecule has 0 saturated carbocycles. The highest BCUT2D eigenvalue weighted by Crippen LogP contribution is 2.18. The topological polar surface area (TPSA) is 54.0 Å². The van der Waals surface area contributed by atoms with Crippen LogP contribution in [-0.4, -0.2) is 10.9 Å². The maximum absolute atomic E-state index is 13.7. The predicted octanol–water partition coefficient (Wildman–Crippen LogP) is 4.67. The van der Waals surface area contributed by atoms with E-state index in [9.17, 15) is 18.0 Å². The Morgan fingerprint density at radius 3 is 2.48 bits per heavy atom. The molecule has 0 unspecified atom stereocenters. The minimum atomic E-state index is -1.68. The lowest BCUT2D eigenvalue weighted by Crippen LogP contribution is -2.15. The summed E-state index contributed by atoms with van der Waals surface area (Å²) in [7, 11) is 0. The second-order valence-electron chi connectivity index (χ2n) is 5.89. The molecule has 0 radical (unpaired) electrons. The Morgan fingerprint density at radius 2 is 1.78 bits per heavy atom. The Hall–Kier alpha value is -3.35. The molecule has 2 aromatic carbocycles. The fourth-order valence-electron chi connectivity index (χ4n) is 2.47. The molecule has 0 aliphatic carbocycles. The zero-order chi connectivity index (χ0) is 19.4. The summed E-state index contributed by atoms with van der Waals surface area (Å²) in [5.41, 5.74) is 1.99. The smallest absolute Gasteiger partial charge is 0.258 e. The second-order valence-corrected chi connectivity index (χ2v) is 5.89. The van der Waals surface area contributed by atoms with Crippen LogP contribution in [0, 0.1) is 24.4 Å². The second kappa shape index (κ2) is 7.90. The number of pyridine rings is 1. The number of rotatable bonds is 5. The Balaban J connectivity index is 1.65. The third-order valence-electron chi connectivity index (χ3n) is 4.02. The van der Waals surface area contributed by atoms with Crippen LogP contribution in [0.1, 0.15) is 21.5 Å². The molecular weight excluding hydrogens is 355 g/mol. The summed E-state index contributed by atoms with van der Waals surface area (Å²) in [6, 6.07) is 12.7. The van der Waals surface area contributed by atoms with E-state index in [-0.39, 0.29) is 0 Å². The van der Waals surface area contributed by atoms with Gasteiger partial charge in [0.25, 0.3) is 5.91 Å². The van der Waals surface area contributed by atoms with Crippen molar-refractivity contribution >= 4 is 17.4 Å². The number of anilines is 2. The molecule has 3 rings (SSSR count). The van der Waals surface area contributed by atoms with Gasteiger partial charge in [-0.15, -0.1) is 0 Å². The van der Waals surface area contributed by atoms with Crippen LogP contribution in [0.25, 0.3) is 0 Å². The number of carbonyl (C=O) groups is 1. The number of hydrogen-bond donors (Lipinski definition) is 2. The highest BCUT2D eigenvalue weighted by molar-refractivity contribution is 6.04. The normalized spacial score (nSPS) is 10.5. The van der Waals surface area contributed by atoms with Crippen LogP contribution in [-0.2, 0) is 6.54 Å². The molecule has 2 N–H and O–H groups in total. The monoisotopic (exact) mass is 371 g/mol. The van der Waals surface area contributed by atoms with Crippen LogP contribution < -0.4 is 10.6 Å². The lowest BCUT2D eigenvalue weighted by molar-refractivity contribution is 0.102. The summed E-state index contributed by atoms with van der Waals surface area (Å²) < 4.78 is 39.9. The van der Waals surface area contributed by atoms with Crippen LogP contribution in [0.3, 0.4) is 0 Å². The molecule has 0 aliphatic rings. The summed E-state index contributed by atoms with van der Waals surface area (Å²) in [6.45, 7) is 2.60. The molecule has 0 saturated heterocycles. The minimum Gasteiger partial charge on any atom is -0.366 e. The number of aryl methyl sites for hydroxylation is 1. The molecule has 0 aliphatic heterocycles. The number of aromatic nitrogens is 1. The van der Waals surface area contributed by atoms with Gasteiger partial charge in [-0.25, -0.2) is 18.2 Å². The van der Waals surface area contributed by atoms with Gasteiger partial charge in [-0.05, 0) is 42.3 Å². The van der Waals surface area contributed by atoms with Crippen molar-refractivity contribution in [3.8, 4) is 0 Å². The number of nitrogens with one attached hydrogen (secondary N) is 2. The highest BCUT2D eigenvalue weighted by atomic mass is 19.2. The van der Waals surface area contributed by atoms with E-state index in [2.05, 4.69) is 15.6 Å². The van der Waals surface area contributed by atoms with E-state index in [0.29, 0.717) is 24.1 Å². The largest absolute Gasteiger partial charge is 0.366 e. The zero-order valence-electron chi connectivity index (χ0n) is 14.4. The summed E-state index contributed by atoms with van der Waals surface area (Å²) in [6.07, 6.45) is 1.38. The lowest BCUT2D eigenvalue weighted by Gasteiger charge is -2.10. The van der Waals surface area contributed by atoms with Crippen molar-refractivity contribution in [2.24, 2.45) is 0 Å². The van der Waals surface area contributed by atoms with Gasteiger partial charge in [0.1, 0.15) is 5.82 Å². The number of benzene rings is 2. The standard InChI is InChI=1S/C20H16F3N3O/c1-12-4-2-3-5-13(12)10-24-17-9-6-14(11-25-17)26-20(27)15-7-8-16(21)19(23)18(15)22/h2-9,11H,10H2,1H3,(H,24,25)(H,26,27). The molecule has 1 heterocycles. The van der Waals surface area contributed by atoms with Gasteiger partial charge in [-0.2, -0.15) is 0 Å². The number of carbonyl (C=O) groups excluding carboxylic acids is 1. The Kier molecular flexibility index (Phi) is 5.40. The van der Waals surface area contributed by atoms with Gasteiger partial charge in [0, 0.05) is 6.54 Å². The first kappa shape index (κ1) is 18.4. The zero-order valence-corrected chi connectivity index (χ0v) is 14.4. The molecule has 0 spiro atoms. The van der Waals surface area contributed by atoms with Crippen molar-refractivity contribution in [1.29, 1.82) is 0 Å². The summed E-state index contributed by atoms with van der Waals surface area (Å²) in [5, 5.41) is 5.56. The van der Waals surface area contributed by atoms with Crippen molar-refractivity contribution in [2.45, 2.75) is 13.5 Å². The van der Waals surface area contributed by atoms with Crippen molar-refractivity contribution in [3.63, 3.8) is 0 Å². The summed E-state index contributed by atoms with van der Waals surface area (Å²) in [5.74, 6) is -4.87. The van der Waals surface area contributed by atoms with Crippen LogP contribution in [0.15, 0.2) is 54.7 Å². The SMILES string of the molecule is Cc1ccccc1CNc1ccc(NC(=O)c2ccc(F)c(F)c2F)cn1. The van der Waals surface area contributed by atoms with Crippen LogP contribution in [0.2, 0.25) is 0 Å². The Labute approximate surface area is 154 Å². The number of halogens is 3. The fraction of sp³-hybridized carbons (Fsp3) is 0.100. The average Bonchev–Trinajstić information content (AvgIpc) is 2.66. The van der Waals surface area contributed by atoms with Crippen LogP contribution >= 0.6 is 0 Å². The van der Waals surface area contributed by atoms with Gasteiger partial charge in [0.05, 0.1) is 17.4 Å². The van der Waals surface area contributed by atoms with Crippen molar-refractivity contribution in [3.05, 3.63) is 88.9 Å². The molecular formula is C20H16F3N3O. The molecule has 3 aromatic rings. The molecule has 0 fully saturated rings. The molecule has 138 valence electrons. The molecule has 0 atom stereocenters. The van der Waals surface area contributed by atoms with Gasteiger partial charge in [-0.1, -0.05) is 24.3 Å². The van der Waals surface area contributed by atoms with E-state index >= 15 is 0 Å². The number of hydrogen-bond acceptors (Lipinski definition) is 3. The van der Waals surface area contributed by atoms with E-state index in [1.54, 1.807) is 12.1 Å². The number of amides is 1. The van der Waals surface area contributed by atoms with Crippen LogP contribution in [0.5, 0.6) is 0 Å². The maximum Gasteiger partial charge on any atom is 0.258 e. The van der Waals surface area contributed by atoms with E-state index < -0.39 is 28.9 Å². The summed E-state index contributed by atoms with van der Waals surface area (Å²) in [4.78, 5) is 16.2. The molecule has 1 amide bonds. The molecule has 0 bridgehead atoms. The van der Waals surface area contributed by atoms with Gasteiger partial charge in [0.15, 0.2) is 17.5 Å². The van der Waals surface area contributed by atoms with Gasteiger partial charge >= 0.3 is 0 Å². The van der Waals surface area contributed by atoms with Crippen molar-refractivity contribution < 1.29 is 18.0 Å². The first-order valence-corrected chi connectivity index (χ1v) is 8.15. The van der Waals surface area contributed by atoms with Gasteiger partial charge in [-0.3, -0.25) is 4.79 Å². The number of nitrogens with zero attached hydrogens (tertiary/aromatic N) is 1. The quantitative estimate of drug-likeness (QED) is 0.641. The highest BCUT2D eigenvalue weighted by Gasteiger charge is 2.18. The molecule has 4 nitrogen and oxygen atoms in total. The van der Waals surface area contributed by atoms with Crippen LogP contribution in [0.4, 0.5) is 24.7 Å². The average molecular weight is 371 g/mol. The first-order chi connectivity index (χ1) is 13.0. The third kappa shape index (κ3) is 4.25. The Morgan fingerprint density at radius 1 is 1.00 bits per heavy atom. The summed E-state index contributed by atoms with van der Waals surface area (Å²) >= 11 is 0. The lowest BCUT2D eigenvalue weighted by atomic mass is 10.1. The van der Waals surface area contributed by atoms with E-state index in [0.717, 1.165) is 17.2 Å². The first-order valence-electron chi connectivity index (χ1n) is 8.15. The molecule has 1 aromatic heterocycles.